The van der Waals surface area contributed by atoms with E-state index in [1.54, 1.807) is 11.3 Å². The van der Waals surface area contributed by atoms with E-state index in [1.165, 1.54) is 25.7 Å². The van der Waals surface area contributed by atoms with E-state index in [2.05, 4.69) is 28.8 Å². The Bertz CT molecular complexity index is 595. The maximum atomic E-state index is 6.01. The third kappa shape index (κ3) is 2.79. The smallest absolute Gasteiger partial charge is 0.146 e. The lowest BCUT2D eigenvalue weighted by molar-refractivity contribution is 0.155. The molecule has 2 aromatic rings. The zero-order valence-corrected chi connectivity index (χ0v) is 13.0. The summed E-state index contributed by atoms with van der Waals surface area (Å²) < 4.78 is 0. The van der Waals surface area contributed by atoms with Gasteiger partial charge < -0.3 is 5.73 Å². The number of nitrogens with zero attached hydrogens (tertiary/aromatic N) is 3. The van der Waals surface area contributed by atoms with Crippen molar-refractivity contribution in [2.75, 3.05) is 12.8 Å². The van der Waals surface area contributed by atoms with Gasteiger partial charge in [0.15, 0.2) is 0 Å². The first-order chi connectivity index (χ1) is 9.63. The van der Waals surface area contributed by atoms with Gasteiger partial charge in [-0.25, -0.2) is 9.97 Å². The second-order valence-corrected chi connectivity index (χ2v) is 6.90. The first-order valence-corrected chi connectivity index (χ1v) is 8.21. The fourth-order valence-corrected chi connectivity index (χ4v) is 3.94. The molecule has 0 amide bonds. The minimum absolute atomic E-state index is 0.608. The van der Waals surface area contributed by atoms with Gasteiger partial charge in [0, 0.05) is 6.04 Å². The van der Waals surface area contributed by atoms with Crippen molar-refractivity contribution in [2.45, 2.75) is 45.2 Å². The molecule has 0 bridgehead atoms. The molecular formula is C15H22N4S. The lowest BCUT2D eigenvalue weighted by Crippen LogP contribution is -2.35. The summed E-state index contributed by atoms with van der Waals surface area (Å²) in [7, 11) is 2.18. The summed E-state index contributed by atoms with van der Waals surface area (Å²) in [5.74, 6) is 2.29. The number of thiophene rings is 1. The molecule has 2 N–H and O–H groups in total. The molecule has 0 spiro atoms. The highest BCUT2D eigenvalue weighted by molar-refractivity contribution is 7.16. The molecule has 2 atom stereocenters. The summed E-state index contributed by atoms with van der Waals surface area (Å²) in [5.41, 5.74) is 6.01. The standard InChI is InChI=1S/C15H22N4S/c1-10-4-3-5-11(8-10)19(2)9-13-17-14(16)12-6-7-20-15(12)18-13/h6-7,10-11H,3-5,8-9H2,1-2H3,(H2,16,17,18). The zero-order valence-electron chi connectivity index (χ0n) is 12.2. The van der Waals surface area contributed by atoms with Gasteiger partial charge in [-0.15, -0.1) is 11.3 Å². The van der Waals surface area contributed by atoms with E-state index in [0.717, 1.165) is 28.5 Å². The monoisotopic (exact) mass is 290 g/mol. The molecule has 1 aliphatic rings. The predicted octanol–water partition coefficient (Wildman–Crippen LogP) is 3.28. The van der Waals surface area contributed by atoms with Crippen molar-refractivity contribution >= 4 is 27.4 Å². The van der Waals surface area contributed by atoms with E-state index in [4.69, 9.17) is 5.73 Å². The van der Waals surface area contributed by atoms with Crippen LogP contribution in [0.1, 0.15) is 38.4 Å². The summed E-state index contributed by atoms with van der Waals surface area (Å²) in [4.78, 5) is 12.5. The number of anilines is 1. The Balaban J connectivity index is 1.75. The van der Waals surface area contributed by atoms with Crippen LogP contribution in [-0.4, -0.2) is 28.0 Å². The first kappa shape index (κ1) is 13.8. The van der Waals surface area contributed by atoms with Crippen LogP contribution in [0.5, 0.6) is 0 Å². The molecule has 1 fully saturated rings. The Morgan fingerprint density at radius 2 is 2.25 bits per heavy atom. The van der Waals surface area contributed by atoms with Gasteiger partial charge in [0.25, 0.3) is 0 Å². The Morgan fingerprint density at radius 3 is 3.05 bits per heavy atom. The summed E-state index contributed by atoms with van der Waals surface area (Å²) >= 11 is 1.63. The van der Waals surface area contributed by atoms with E-state index >= 15 is 0 Å². The maximum Gasteiger partial charge on any atom is 0.146 e. The van der Waals surface area contributed by atoms with E-state index < -0.39 is 0 Å². The lowest BCUT2D eigenvalue weighted by atomic mass is 9.86. The number of hydrogen-bond donors (Lipinski definition) is 1. The Morgan fingerprint density at radius 1 is 1.40 bits per heavy atom. The van der Waals surface area contributed by atoms with Gasteiger partial charge in [-0.05, 0) is 37.3 Å². The van der Waals surface area contributed by atoms with Crippen LogP contribution in [-0.2, 0) is 6.54 Å². The third-order valence-corrected chi connectivity index (χ3v) is 5.13. The molecule has 20 heavy (non-hydrogen) atoms. The van der Waals surface area contributed by atoms with Crippen LogP contribution < -0.4 is 5.73 Å². The number of rotatable bonds is 3. The second-order valence-electron chi connectivity index (χ2n) is 6.01. The van der Waals surface area contributed by atoms with Crippen LogP contribution in [0.2, 0.25) is 0 Å². The minimum atomic E-state index is 0.608. The van der Waals surface area contributed by atoms with Crippen LogP contribution in [0.4, 0.5) is 5.82 Å². The SMILES string of the molecule is CC1CCCC(N(C)Cc2nc(N)c3ccsc3n2)C1. The van der Waals surface area contributed by atoms with Crippen molar-refractivity contribution in [3.63, 3.8) is 0 Å². The molecule has 3 rings (SSSR count). The molecule has 2 aromatic heterocycles. The fourth-order valence-electron chi connectivity index (χ4n) is 3.15. The third-order valence-electron chi connectivity index (χ3n) is 4.32. The zero-order chi connectivity index (χ0) is 14.1. The number of hydrogen-bond acceptors (Lipinski definition) is 5. The summed E-state index contributed by atoms with van der Waals surface area (Å²) in [5, 5.41) is 3.00. The van der Waals surface area contributed by atoms with Crippen molar-refractivity contribution in [3.8, 4) is 0 Å². The van der Waals surface area contributed by atoms with Gasteiger partial charge >= 0.3 is 0 Å². The fraction of sp³-hybridized carbons (Fsp3) is 0.600. The molecule has 0 aromatic carbocycles. The highest BCUT2D eigenvalue weighted by Crippen LogP contribution is 2.28. The lowest BCUT2D eigenvalue weighted by Gasteiger charge is -2.33. The normalized spacial score (nSPS) is 23.6. The molecule has 5 heteroatoms. The van der Waals surface area contributed by atoms with Crippen molar-refractivity contribution in [1.82, 2.24) is 14.9 Å². The summed E-state index contributed by atoms with van der Waals surface area (Å²) in [6.07, 6.45) is 5.28. The average Bonchev–Trinajstić information content (AvgIpc) is 2.87. The molecule has 108 valence electrons. The van der Waals surface area contributed by atoms with Crippen LogP contribution >= 0.6 is 11.3 Å². The van der Waals surface area contributed by atoms with E-state index in [1.807, 2.05) is 11.4 Å². The number of nitrogens with two attached hydrogens (primary N) is 1. The van der Waals surface area contributed by atoms with E-state index in [9.17, 15) is 0 Å². The average molecular weight is 290 g/mol. The Kier molecular flexibility index (Phi) is 3.89. The predicted molar refractivity (Wildman–Crippen MR) is 84.7 cm³/mol. The van der Waals surface area contributed by atoms with Gasteiger partial charge in [0.2, 0.25) is 0 Å². The Labute approximate surface area is 124 Å². The molecule has 0 radical (unpaired) electrons. The van der Waals surface area contributed by atoms with Gasteiger partial charge in [-0.1, -0.05) is 19.8 Å². The van der Waals surface area contributed by atoms with Crippen molar-refractivity contribution in [1.29, 1.82) is 0 Å². The topological polar surface area (TPSA) is 55.0 Å². The largest absolute Gasteiger partial charge is 0.383 e. The molecule has 1 aliphatic carbocycles. The Hall–Kier alpha value is -1.20. The molecule has 0 saturated heterocycles. The first-order valence-electron chi connectivity index (χ1n) is 7.33. The molecule has 2 unspecified atom stereocenters. The van der Waals surface area contributed by atoms with Gasteiger partial charge in [-0.2, -0.15) is 0 Å². The van der Waals surface area contributed by atoms with E-state index in [-0.39, 0.29) is 0 Å². The van der Waals surface area contributed by atoms with Crippen molar-refractivity contribution in [3.05, 3.63) is 17.3 Å². The van der Waals surface area contributed by atoms with Gasteiger partial charge in [-0.3, -0.25) is 4.90 Å². The molecule has 2 heterocycles. The second kappa shape index (κ2) is 5.66. The minimum Gasteiger partial charge on any atom is -0.383 e. The van der Waals surface area contributed by atoms with Crippen LogP contribution in [0, 0.1) is 5.92 Å². The quantitative estimate of drug-likeness (QED) is 0.942. The maximum absolute atomic E-state index is 6.01. The highest BCUT2D eigenvalue weighted by Gasteiger charge is 2.23. The van der Waals surface area contributed by atoms with Crippen LogP contribution in [0.25, 0.3) is 10.2 Å². The number of nitrogen functional groups attached to an aromatic ring is 1. The van der Waals surface area contributed by atoms with Crippen LogP contribution in [0.15, 0.2) is 11.4 Å². The summed E-state index contributed by atoms with van der Waals surface area (Å²) in [6, 6.07) is 2.65. The summed E-state index contributed by atoms with van der Waals surface area (Å²) in [6.45, 7) is 3.14. The molecular weight excluding hydrogens is 268 g/mol. The molecule has 0 aliphatic heterocycles. The van der Waals surface area contributed by atoms with Crippen LogP contribution in [0.3, 0.4) is 0 Å². The molecule has 1 saturated carbocycles. The van der Waals surface area contributed by atoms with Crippen molar-refractivity contribution in [2.24, 2.45) is 5.92 Å². The number of aromatic nitrogens is 2. The van der Waals surface area contributed by atoms with Gasteiger partial charge in [0.1, 0.15) is 16.5 Å². The van der Waals surface area contributed by atoms with E-state index in [0.29, 0.717) is 11.9 Å². The number of fused-ring (bicyclic) bond motifs is 1. The van der Waals surface area contributed by atoms with Crippen molar-refractivity contribution < 1.29 is 0 Å². The van der Waals surface area contributed by atoms with Gasteiger partial charge in [0.05, 0.1) is 11.9 Å². The highest BCUT2D eigenvalue weighted by atomic mass is 32.1. The molecule has 4 nitrogen and oxygen atoms in total.